The predicted molar refractivity (Wildman–Crippen MR) is 122 cm³/mol. The molecule has 0 spiro atoms. The molecule has 2 aliphatic heterocycles. The van der Waals surface area contributed by atoms with E-state index >= 15 is 0 Å². The molecule has 7 heteroatoms. The molecule has 0 atom stereocenters. The molecule has 166 valence electrons. The summed E-state index contributed by atoms with van der Waals surface area (Å²) in [5, 5.41) is 6.76. The molecule has 0 radical (unpaired) electrons. The third kappa shape index (κ3) is 5.99. The first kappa shape index (κ1) is 22.1. The summed E-state index contributed by atoms with van der Waals surface area (Å²) >= 11 is 1.95. The normalized spacial score (nSPS) is 19.0. The number of thioether (sulfide) groups is 1. The van der Waals surface area contributed by atoms with Crippen LogP contribution in [0, 0.1) is 5.82 Å². The zero-order chi connectivity index (χ0) is 21.5. The van der Waals surface area contributed by atoms with Gasteiger partial charge in [-0.25, -0.2) is 9.18 Å². The highest BCUT2D eigenvalue weighted by molar-refractivity contribution is 7.99. The van der Waals surface area contributed by atoms with Crippen molar-refractivity contribution in [3.8, 4) is 0 Å². The zero-order valence-corrected chi connectivity index (χ0v) is 18.4. The van der Waals surface area contributed by atoms with Crippen LogP contribution < -0.4 is 10.6 Å². The van der Waals surface area contributed by atoms with Crippen molar-refractivity contribution >= 4 is 23.5 Å². The first-order valence-corrected chi connectivity index (χ1v) is 11.9. The standard InChI is InChI=1S/C24H29FN2O3S/c25-20-6-4-19(5-7-20)24(10-14-30-15-11-24)27-23(28)26-21-3-1-2-18(16-21)17-31-22-8-12-29-13-9-22/h1-7,16,22H,8-15,17H2,(H2,26,27,28). The topological polar surface area (TPSA) is 59.6 Å². The number of hydrogen-bond acceptors (Lipinski definition) is 4. The maximum absolute atomic E-state index is 13.4. The summed E-state index contributed by atoms with van der Waals surface area (Å²) in [7, 11) is 0. The van der Waals surface area contributed by atoms with E-state index < -0.39 is 5.54 Å². The molecule has 2 saturated heterocycles. The molecule has 31 heavy (non-hydrogen) atoms. The molecular formula is C24H29FN2O3S. The van der Waals surface area contributed by atoms with Crippen LogP contribution in [0.25, 0.3) is 0 Å². The summed E-state index contributed by atoms with van der Waals surface area (Å²) in [6.07, 6.45) is 3.49. The zero-order valence-electron chi connectivity index (χ0n) is 17.6. The van der Waals surface area contributed by atoms with E-state index in [4.69, 9.17) is 9.47 Å². The predicted octanol–water partition coefficient (Wildman–Crippen LogP) is 5.07. The van der Waals surface area contributed by atoms with Crippen molar-refractivity contribution in [3.63, 3.8) is 0 Å². The van der Waals surface area contributed by atoms with Gasteiger partial charge in [-0.2, -0.15) is 11.8 Å². The summed E-state index contributed by atoms with van der Waals surface area (Å²) in [5.41, 5.74) is 2.29. The maximum Gasteiger partial charge on any atom is 0.319 e. The van der Waals surface area contributed by atoms with Gasteiger partial charge in [-0.1, -0.05) is 24.3 Å². The number of carbonyl (C=O) groups excluding carboxylic acids is 1. The van der Waals surface area contributed by atoms with E-state index in [1.165, 1.54) is 17.7 Å². The van der Waals surface area contributed by atoms with Gasteiger partial charge in [0.15, 0.2) is 0 Å². The van der Waals surface area contributed by atoms with Crippen molar-refractivity contribution in [2.24, 2.45) is 0 Å². The average molecular weight is 445 g/mol. The van der Waals surface area contributed by atoms with Crippen LogP contribution in [0.3, 0.4) is 0 Å². The van der Waals surface area contributed by atoms with E-state index in [0.717, 1.165) is 43.1 Å². The molecule has 0 saturated carbocycles. The maximum atomic E-state index is 13.4. The van der Waals surface area contributed by atoms with Crippen LogP contribution in [0.2, 0.25) is 0 Å². The molecule has 2 heterocycles. The number of nitrogens with one attached hydrogen (secondary N) is 2. The number of carbonyl (C=O) groups is 1. The second-order valence-corrected chi connectivity index (χ2v) is 9.39. The third-order valence-electron chi connectivity index (χ3n) is 5.93. The molecule has 2 N–H and O–H groups in total. The fourth-order valence-electron chi connectivity index (χ4n) is 4.15. The van der Waals surface area contributed by atoms with Gasteiger partial charge in [0.25, 0.3) is 0 Å². The van der Waals surface area contributed by atoms with E-state index in [-0.39, 0.29) is 11.8 Å². The van der Waals surface area contributed by atoms with Gasteiger partial charge in [0.1, 0.15) is 5.82 Å². The molecule has 2 amide bonds. The smallest absolute Gasteiger partial charge is 0.319 e. The highest BCUT2D eigenvalue weighted by Crippen LogP contribution is 2.32. The summed E-state index contributed by atoms with van der Waals surface area (Å²) in [5.74, 6) is 0.629. The van der Waals surface area contributed by atoms with E-state index in [9.17, 15) is 9.18 Å². The number of hydrogen-bond donors (Lipinski definition) is 2. The minimum atomic E-state index is -0.563. The minimum Gasteiger partial charge on any atom is -0.381 e. The first-order chi connectivity index (χ1) is 15.1. The molecule has 0 unspecified atom stereocenters. The van der Waals surface area contributed by atoms with Crippen LogP contribution in [-0.4, -0.2) is 37.7 Å². The Morgan fingerprint density at radius 1 is 1.03 bits per heavy atom. The van der Waals surface area contributed by atoms with Gasteiger partial charge in [0.05, 0.1) is 5.54 Å². The van der Waals surface area contributed by atoms with Crippen LogP contribution in [0.4, 0.5) is 14.9 Å². The first-order valence-electron chi connectivity index (χ1n) is 10.8. The number of amides is 2. The monoisotopic (exact) mass is 444 g/mol. The van der Waals surface area contributed by atoms with Crippen molar-refractivity contribution in [3.05, 3.63) is 65.5 Å². The van der Waals surface area contributed by atoms with Crippen molar-refractivity contribution in [1.29, 1.82) is 0 Å². The average Bonchev–Trinajstić information content (AvgIpc) is 2.79. The molecule has 5 nitrogen and oxygen atoms in total. The highest BCUT2D eigenvalue weighted by atomic mass is 32.2. The van der Waals surface area contributed by atoms with Crippen LogP contribution in [0.1, 0.15) is 36.8 Å². The molecular weight excluding hydrogens is 415 g/mol. The fourth-order valence-corrected chi connectivity index (χ4v) is 5.28. The summed E-state index contributed by atoms with van der Waals surface area (Å²) in [6, 6.07) is 14.1. The Morgan fingerprint density at radius 2 is 1.74 bits per heavy atom. The van der Waals surface area contributed by atoms with E-state index in [1.54, 1.807) is 12.1 Å². The SMILES string of the molecule is O=C(Nc1cccc(CSC2CCOCC2)c1)NC1(c2ccc(F)cc2)CCOCC1. The molecule has 4 rings (SSSR count). The van der Waals surface area contributed by atoms with Gasteiger partial charge >= 0.3 is 6.03 Å². The van der Waals surface area contributed by atoms with Gasteiger partial charge in [0, 0.05) is 43.1 Å². The lowest BCUT2D eigenvalue weighted by atomic mass is 9.83. The lowest BCUT2D eigenvalue weighted by molar-refractivity contribution is 0.0418. The highest BCUT2D eigenvalue weighted by Gasteiger charge is 2.36. The Bertz CT molecular complexity index is 865. The van der Waals surface area contributed by atoms with Crippen LogP contribution >= 0.6 is 11.8 Å². The molecule has 0 aliphatic carbocycles. The number of urea groups is 1. The Balaban J connectivity index is 1.39. The van der Waals surface area contributed by atoms with Crippen LogP contribution in [0.15, 0.2) is 48.5 Å². The van der Waals surface area contributed by atoms with Crippen LogP contribution in [-0.2, 0) is 20.8 Å². The largest absolute Gasteiger partial charge is 0.381 e. The summed E-state index contributed by atoms with van der Waals surface area (Å²) in [6.45, 7) is 2.80. The van der Waals surface area contributed by atoms with Gasteiger partial charge in [-0.15, -0.1) is 0 Å². The van der Waals surface area contributed by atoms with Gasteiger partial charge in [-0.05, 0) is 61.1 Å². The van der Waals surface area contributed by atoms with Crippen molar-refractivity contribution in [2.75, 3.05) is 31.7 Å². The summed E-state index contributed by atoms with van der Waals surface area (Å²) < 4.78 is 24.4. The number of rotatable bonds is 6. The Labute approximate surface area is 187 Å². The lowest BCUT2D eigenvalue weighted by Gasteiger charge is -2.38. The number of ether oxygens (including phenoxy) is 2. The third-order valence-corrected chi connectivity index (χ3v) is 7.38. The molecule has 2 aromatic carbocycles. The lowest BCUT2D eigenvalue weighted by Crippen LogP contribution is -2.50. The molecule has 2 aromatic rings. The Kier molecular flexibility index (Phi) is 7.48. The van der Waals surface area contributed by atoms with Crippen LogP contribution in [0.5, 0.6) is 0 Å². The number of benzene rings is 2. The second-order valence-electron chi connectivity index (χ2n) is 8.10. The second kappa shape index (κ2) is 10.5. The Morgan fingerprint density at radius 3 is 2.48 bits per heavy atom. The quantitative estimate of drug-likeness (QED) is 0.653. The van der Waals surface area contributed by atoms with E-state index in [1.807, 2.05) is 30.0 Å². The minimum absolute atomic E-state index is 0.263. The van der Waals surface area contributed by atoms with Gasteiger partial charge in [-0.3, -0.25) is 0 Å². The number of halogens is 1. The number of anilines is 1. The van der Waals surface area contributed by atoms with E-state index in [0.29, 0.717) is 31.3 Å². The van der Waals surface area contributed by atoms with Crippen molar-refractivity contribution in [1.82, 2.24) is 5.32 Å². The van der Waals surface area contributed by atoms with Gasteiger partial charge < -0.3 is 20.1 Å². The molecule has 0 bridgehead atoms. The molecule has 2 fully saturated rings. The Hall–Kier alpha value is -2.09. The summed E-state index contributed by atoms with van der Waals surface area (Å²) in [4.78, 5) is 12.9. The van der Waals surface area contributed by atoms with Gasteiger partial charge in [0.2, 0.25) is 0 Å². The molecule has 2 aliphatic rings. The van der Waals surface area contributed by atoms with Crippen molar-refractivity contribution < 1.29 is 18.7 Å². The fraction of sp³-hybridized carbons (Fsp3) is 0.458. The van der Waals surface area contributed by atoms with E-state index in [2.05, 4.69) is 16.7 Å². The molecule has 0 aromatic heterocycles. The van der Waals surface area contributed by atoms with Crippen molar-refractivity contribution in [2.45, 2.75) is 42.2 Å².